The average Bonchev–Trinajstić information content (AvgIpc) is 3.02. The summed E-state index contributed by atoms with van der Waals surface area (Å²) < 4.78 is 46.8. The van der Waals surface area contributed by atoms with E-state index in [1.807, 2.05) is 6.08 Å². The minimum absolute atomic E-state index is 0.00611. The molecule has 45 heavy (non-hydrogen) atoms. The van der Waals surface area contributed by atoms with Crippen LogP contribution < -0.4 is 10.1 Å². The minimum atomic E-state index is -4.86. The third-order valence-electron chi connectivity index (χ3n) is 7.29. The normalized spacial score (nSPS) is 15.2. The number of carboxylic acids is 1. The number of benzene rings is 2. The molecule has 0 fully saturated rings. The van der Waals surface area contributed by atoms with Gasteiger partial charge in [0.1, 0.15) is 17.6 Å². The van der Waals surface area contributed by atoms with Gasteiger partial charge in [0.05, 0.1) is 6.61 Å². The quantitative estimate of drug-likeness (QED) is 0.170. The van der Waals surface area contributed by atoms with Gasteiger partial charge in [0, 0.05) is 35.9 Å². The van der Waals surface area contributed by atoms with Crippen molar-refractivity contribution >= 4 is 11.9 Å². The molecular weight excluding hydrogens is 587 g/mol. The molecule has 2 atom stereocenters. The number of aromatic nitrogens is 2. The molecule has 1 aliphatic carbocycles. The molecule has 0 radical (unpaired) electrons. The summed E-state index contributed by atoms with van der Waals surface area (Å²) >= 11 is 0. The largest absolute Gasteiger partial charge is 0.573 e. The smallest absolute Gasteiger partial charge is 0.494 e. The number of nitrogens with zero attached hydrogens (tertiary/aromatic N) is 2. The molecule has 0 saturated heterocycles. The topological polar surface area (TPSA) is 111 Å². The highest BCUT2D eigenvalue weighted by Gasteiger charge is 2.31. The van der Waals surface area contributed by atoms with E-state index in [2.05, 4.69) is 39.1 Å². The molecule has 0 bridgehead atoms. The van der Waals surface area contributed by atoms with Gasteiger partial charge in [0.25, 0.3) is 5.91 Å². The lowest BCUT2D eigenvalue weighted by Crippen LogP contribution is -2.42. The molecule has 4 rings (SSSR count). The molecule has 0 spiro atoms. The molecule has 1 heterocycles. The number of ether oxygens (including phenoxy) is 2. The minimum Gasteiger partial charge on any atom is -0.494 e. The lowest BCUT2D eigenvalue weighted by molar-refractivity contribution is -0.274. The Labute approximate surface area is 260 Å². The predicted molar refractivity (Wildman–Crippen MR) is 162 cm³/mol. The highest BCUT2D eigenvalue weighted by atomic mass is 19.4. The van der Waals surface area contributed by atoms with Crippen LogP contribution in [0.15, 0.2) is 84.9 Å². The van der Waals surface area contributed by atoms with Crippen molar-refractivity contribution in [3.05, 3.63) is 102 Å². The summed E-state index contributed by atoms with van der Waals surface area (Å²) in [5.41, 5.74) is 2.38. The highest BCUT2D eigenvalue weighted by Crippen LogP contribution is 2.28. The van der Waals surface area contributed by atoms with Gasteiger partial charge in [-0.3, -0.25) is 4.79 Å². The molecular formula is C34H36F3N3O5. The number of hydrogen-bond donors (Lipinski definition) is 2. The first-order valence-corrected chi connectivity index (χ1v) is 14.9. The number of alkyl halides is 3. The molecule has 2 N–H and O–H groups in total. The van der Waals surface area contributed by atoms with Crippen LogP contribution in [-0.4, -0.2) is 46.0 Å². The molecule has 238 valence electrons. The summed E-state index contributed by atoms with van der Waals surface area (Å²) in [5, 5.41) is 12.1. The number of carbonyl (C=O) groups is 2. The molecule has 1 amide bonds. The summed E-state index contributed by atoms with van der Waals surface area (Å²) in [6.07, 6.45) is 11.7. The first-order chi connectivity index (χ1) is 21.6. The van der Waals surface area contributed by atoms with Gasteiger partial charge < -0.3 is 19.9 Å². The molecule has 1 unspecified atom stereocenters. The summed E-state index contributed by atoms with van der Waals surface area (Å²) in [7, 11) is 0. The van der Waals surface area contributed by atoms with E-state index in [4.69, 9.17) is 4.74 Å². The van der Waals surface area contributed by atoms with Crippen molar-refractivity contribution in [2.45, 2.75) is 70.2 Å². The fourth-order valence-corrected chi connectivity index (χ4v) is 4.80. The number of carbonyl (C=O) groups excluding carboxylic acids is 1. The van der Waals surface area contributed by atoms with Gasteiger partial charge >= 0.3 is 12.3 Å². The second kappa shape index (κ2) is 15.9. The first-order valence-electron chi connectivity index (χ1n) is 14.9. The van der Waals surface area contributed by atoms with Crippen molar-refractivity contribution in [1.29, 1.82) is 0 Å². The van der Waals surface area contributed by atoms with Gasteiger partial charge in [-0.15, -0.1) is 13.2 Å². The maximum Gasteiger partial charge on any atom is 0.573 e. The maximum atomic E-state index is 12.6. The zero-order valence-corrected chi connectivity index (χ0v) is 24.9. The summed E-state index contributed by atoms with van der Waals surface area (Å²) in [4.78, 5) is 33.5. The van der Waals surface area contributed by atoms with Gasteiger partial charge in [-0.2, -0.15) is 0 Å². The molecule has 1 aliphatic rings. The number of rotatable bonds is 15. The van der Waals surface area contributed by atoms with Crippen molar-refractivity contribution in [3.8, 4) is 17.1 Å². The fraction of sp³-hybridized carbons (Fsp3) is 0.353. The van der Waals surface area contributed by atoms with Crippen molar-refractivity contribution < 1.29 is 37.3 Å². The summed E-state index contributed by atoms with van der Waals surface area (Å²) in [5.74, 6) is -0.899. The number of halogens is 3. The number of carboxylic acid groups (broad SMARTS) is 1. The van der Waals surface area contributed by atoms with Crippen molar-refractivity contribution in [2.24, 2.45) is 0 Å². The first kappa shape index (κ1) is 33.2. The van der Waals surface area contributed by atoms with Gasteiger partial charge in [0.15, 0.2) is 5.82 Å². The van der Waals surface area contributed by atoms with E-state index in [9.17, 15) is 27.9 Å². The van der Waals surface area contributed by atoms with Gasteiger partial charge in [0.2, 0.25) is 0 Å². The van der Waals surface area contributed by atoms with Crippen LogP contribution in [0.5, 0.6) is 5.75 Å². The summed E-state index contributed by atoms with van der Waals surface area (Å²) in [6, 6.07) is 9.97. The third kappa shape index (κ3) is 10.5. The molecule has 0 aliphatic heterocycles. The Morgan fingerprint density at radius 3 is 2.29 bits per heavy atom. The number of allylic oxidation sites excluding steroid dienone is 3. The van der Waals surface area contributed by atoms with Gasteiger partial charge in [-0.1, -0.05) is 62.9 Å². The lowest BCUT2D eigenvalue weighted by atomic mass is 9.94. The Balaban J connectivity index is 1.28. The van der Waals surface area contributed by atoms with Crippen LogP contribution in [0.2, 0.25) is 0 Å². The molecule has 2 aromatic carbocycles. The van der Waals surface area contributed by atoms with E-state index in [-0.39, 0.29) is 17.9 Å². The van der Waals surface area contributed by atoms with Crippen LogP contribution in [-0.2, 0) is 16.0 Å². The fourth-order valence-electron chi connectivity index (χ4n) is 4.80. The Bertz CT molecular complexity index is 1470. The monoisotopic (exact) mass is 623 g/mol. The third-order valence-corrected chi connectivity index (χ3v) is 7.29. The zero-order chi connectivity index (χ0) is 32.2. The van der Waals surface area contributed by atoms with Crippen molar-refractivity contribution in [3.63, 3.8) is 0 Å². The molecule has 0 saturated carbocycles. The van der Waals surface area contributed by atoms with E-state index < -0.39 is 30.0 Å². The van der Waals surface area contributed by atoms with Crippen LogP contribution in [0.3, 0.4) is 0 Å². The van der Waals surface area contributed by atoms with E-state index in [0.717, 1.165) is 60.6 Å². The second-order valence-corrected chi connectivity index (χ2v) is 10.7. The van der Waals surface area contributed by atoms with Crippen LogP contribution in [0, 0.1) is 0 Å². The molecule has 11 heteroatoms. The van der Waals surface area contributed by atoms with E-state index in [0.29, 0.717) is 11.4 Å². The molecule has 3 aromatic rings. The Hall–Kier alpha value is -4.67. The number of nitrogens with one attached hydrogen (secondary N) is 1. The van der Waals surface area contributed by atoms with Crippen LogP contribution in [0.4, 0.5) is 13.2 Å². The summed E-state index contributed by atoms with van der Waals surface area (Å²) in [6.45, 7) is 2.93. The van der Waals surface area contributed by atoms with E-state index >= 15 is 0 Å². The molecule has 8 nitrogen and oxygen atoms in total. The standard InChI is InChI=1S/C34H36F3N3O5/c1-2-3-4-5-6-19-44-28-15-11-24(12-16-28)27-21-38-31(39-22-27)25-9-7-23(8-10-25)20-30(33(42)43)40-32(41)26-13-17-29(18-14-26)45-34(35,36)37/h7-11,13-18,21-22,24,30H,2-6,12,19-20H2,1H3,(H,40,41)(H,42,43)/t24?,30-/m0/s1. The van der Waals surface area contributed by atoms with E-state index in [1.54, 1.807) is 36.7 Å². The number of amides is 1. The Kier molecular flexibility index (Phi) is 11.7. The van der Waals surface area contributed by atoms with E-state index in [1.165, 1.54) is 25.7 Å². The number of hydrogen-bond acceptors (Lipinski definition) is 6. The maximum absolute atomic E-state index is 12.6. The van der Waals surface area contributed by atoms with Gasteiger partial charge in [-0.25, -0.2) is 14.8 Å². The SMILES string of the molecule is CCCCCCCOC1=CCC(c2cnc(-c3ccc(C[C@H](NC(=O)c4ccc(OC(F)(F)F)cc4)C(=O)O)cc3)nc2)C=C1. The Morgan fingerprint density at radius 1 is 1.00 bits per heavy atom. The van der Waals surface area contributed by atoms with Crippen LogP contribution in [0.1, 0.15) is 72.9 Å². The number of unbranched alkanes of at least 4 members (excludes halogenated alkanes) is 4. The van der Waals surface area contributed by atoms with Crippen LogP contribution in [0.25, 0.3) is 11.4 Å². The van der Waals surface area contributed by atoms with Crippen LogP contribution >= 0.6 is 0 Å². The van der Waals surface area contributed by atoms with Crippen molar-refractivity contribution in [1.82, 2.24) is 15.3 Å². The second-order valence-electron chi connectivity index (χ2n) is 10.7. The highest BCUT2D eigenvalue weighted by molar-refractivity contribution is 5.96. The van der Waals surface area contributed by atoms with Crippen molar-refractivity contribution in [2.75, 3.05) is 6.61 Å². The predicted octanol–water partition coefficient (Wildman–Crippen LogP) is 7.38. The number of aliphatic carboxylic acids is 1. The lowest BCUT2D eigenvalue weighted by Gasteiger charge is -2.17. The average molecular weight is 624 g/mol. The van der Waals surface area contributed by atoms with Gasteiger partial charge in [-0.05, 0) is 60.4 Å². The zero-order valence-electron chi connectivity index (χ0n) is 24.9. The Morgan fingerprint density at radius 2 is 1.69 bits per heavy atom. The molecule has 1 aromatic heterocycles.